The van der Waals surface area contributed by atoms with E-state index in [-0.39, 0.29) is 11.8 Å². The van der Waals surface area contributed by atoms with Gasteiger partial charge in [0.25, 0.3) is 0 Å². The SMILES string of the molecule is C[C@H]1c2ccccc2NC(=O)[C@H]1N. The van der Waals surface area contributed by atoms with E-state index in [4.69, 9.17) is 5.73 Å². The molecule has 0 saturated carbocycles. The number of nitrogens with one attached hydrogen (secondary N) is 1. The summed E-state index contributed by atoms with van der Waals surface area (Å²) >= 11 is 0. The van der Waals surface area contributed by atoms with Crippen molar-refractivity contribution < 1.29 is 4.79 Å². The molecule has 0 aromatic heterocycles. The molecule has 2 atom stereocenters. The fourth-order valence-corrected chi connectivity index (χ4v) is 1.64. The third kappa shape index (κ3) is 1.21. The molecule has 3 N–H and O–H groups in total. The van der Waals surface area contributed by atoms with Crippen LogP contribution in [0.4, 0.5) is 5.69 Å². The molecule has 13 heavy (non-hydrogen) atoms. The molecule has 1 heterocycles. The van der Waals surface area contributed by atoms with Crippen LogP contribution in [0.5, 0.6) is 0 Å². The van der Waals surface area contributed by atoms with Gasteiger partial charge in [0.2, 0.25) is 5.91 Å². The molecular formula is C10H12N2O. The minimum Gasteiger partial charge on any atom is -0.324 e. The van der Waals surface area contributed by atoms with Crippen LogP contribution >= 0.6 is 0 Å². The third-order valence-electron chi connectivity index (χ3n) is 2.55. The van der Waals surface area contributed by atoms with Crippen molar-refractivity contribution in [3.63, 3.8) is 0 Å². The van der Waals surface area contributed by atoms with E-state index in [0.717, 1.165) is 11.3 Å². The Morgan fingerprint density at radius 3 is 2.85 bits per heavy atom. The Kier molecular flexibility index (Phi) is 1.81. The third-order valence-corrected chi connectivity index (χ3v) is 2.55. The lowest BCUT2D eigenvalue weighted by Gasteiger charge is -2.27. The van der Waals surface area contributed by atoms with Gasteiger partial charge in [-0.15, -0.1) is 0 Å². The second-order valence-electron chi connectivity index (χ2n) is 3.39. The minimum atomic E-state index is -0.421. The Morgan fingerprint density at radius 1 is 1.38 bits per heavy atom. The quantitative estimate of drug-likeness (QED) is 0.621. The summed E-state index contributed by atoms with van der Waals surface area (Å²) in [5, 5.41) is 2.78. The average Bonchev–Trinajstić information content (AvgIpc) is 2.15. The summed E-state index contributed by atoms with van der Waals surface area (Å²) in [7, 11) is 0. The molecule has 2 rings (SSSR count). The maximum atomic E-state index is 11.3. The van der Waals surface area contributed by atoms with E-state index in [1.165, 1.54) is 0 Å². The van der Waals surface area contributed by atoms with Crippen LogP contribution in [0.3, 0.4) is 0 Å². The molecule has 3 nitrogen and oxygen atoms in total. The highest BCUT2D eigenvalue weighted by molar-refractivity contribution is 5.98. The first-order chi connectivity index (χ1) is 6.20. The molecule has 0 aliphatic carbocycles. The predicted molar refractivity (Wildman–Crippen MR) is 51.5 cm³/mol. The summed E-state index contributed by atoms with van der Waals surface area (Å²) in [4.78, 5) is 11.3. The van der Waals surface area contributed by atoms with Crippen molar-refractivity contribution in [1.29, 1.82) is 0 Å². The molecule has 1 aliphatic heterocycles. The Hall–Kier alpha value is -1.35. The molecular weight excluding hydrogens is 164 g/mol. The maximum Gasteiger partial charge on any atom is 0.241 e. The number of amides is 1. The lowest BCUT2D eigenvalue weighted by atomic mass is 9.89. The number of fused-ring (bicyclic) bond motifs is 1. The van der Waals surface area contributed by atoms with Crippen LogP contribution in [0, 0.1) is 0 Å². The Bertz CT molecular complexity index is 349. The maximum absolute atomic E-state index is 11.3. The molecule has 1 aromatic rings. The number of carbonyl (C=O) groups is 1. The monoisotopic (exact) mass is 176 g/mol. The van der Waals surface area contributed by atoms with Crippen molar-refractivity contribution in [3.8, 4) is 0 Å². The number of rotatable bonds is 0. The molecule has 0 saturated heterocycles. The number of para-hydroxylation sites is 1. The Morgan fingerprint density at radius 2 is 2.08 bits per heavy atom. The summed E-state index contributed by atoms with van der Waals surface area (Å²) in [5.41, 5.74) is 7.74. The zero-order valence-corrected chi connectivity index (χ0v) is 7.45. The molecule has 0 unspecified atom stereocenters. The van der Waals surface area contributed by atoms with Crippen molar-refractivity contribution in [2.75, 3.05) is 5.32 Å². The number of anilines is 1. The van der Waals surface area contributed by atoms with Crippen LogP contribution in [-0.2, 0) is 4.79 Å². The summed E-state index contributed by atoms with van der Waals surface area (Å²) in [6.07, 6.45) is 0. The van der Waals surface area contributed by atoms with E-state index in [0.29, 0.717) is 0 Å². The highest BCUT2D eigenvalue weighted by Crippen LogP contribution is 2.30. The van der Waals surface area contributed by atoms with Gasteiger partial charge in [0.15, 0.2) is 0 Å². The summed E-state index contributed by atoms with van der Waals surface area (Å²) in [6.45, 7) is 1.97. The van der Waals surface area contributed by atoms with Gasteiger partial charge in [-0.05, 0) is 11.6 Å². The van der Waals surface area contributed by atoms with E-state index in [9.17, 15) is 4.79 Å². The topological polar surface area (TPSA) is 55.1 Å². The highest BCUT2D eigenvalue weighted by Gasteiger charge is 2.29. The van der Waals surface area contributed by atoms with E-state index in [1.54, 1.807) is 0 Å². The van der Waals surface area contributed by atoms with Crippen LogP contribution in [0.25, 0.3) is 0 Å². The lowest BCUT2D eigenvalue weighted by molar-refractivity contribution is -0.118. The summed E-state index contributed by atoms with van der Waals surface area (Å²) in [6, 6.07) is 7.34. The first kappa shape index (κ1) is 8.26. The van der Waals surface area contributed by atoms with Gasteiger partial charge in [0.05, 0.1) is 6.04 Å². The Labute approximate surface area is 76.9 Å². The molecule has 1 amide bonds. The van der Waals surface area contributed by atoms with Crippen LogP contribution in [0.1, 0.15) is 18.4 Å². The molecule has 68 valence electrons. The predicted octanol–water partition coefficient (Wildman–Crippen LogP) is 1.07. The normalized spacial score (nSPS) is 26.5. The van der Waals surface area contributed by atoms with E-state index in [2.05, 4.69) is 5.32 Å². The van der Waals surface area contributed by atoms with Gasteiger partial charge in [-0.1, -0.05) is 25.1 Å². The van der Waals surface area contributed by atoms with E-state index >= 15 is 0 Å². The zero-order valence-electron chi connectivity index (χ0n) is 7.45. The highest BCUT2D eigenvalue weighted by atomic mass is 16.2. The standard InChI is InChI=1S/C10H12N2O/c1-6-7-4-2-3-5-8(7)12-10(13)9(6)11/h2-6,9H,11H2,1H3,(H,12,13)/t6-,9-/m0/s1. The van der Waals surface area contributed by atoms with E-state index in [1.807, 2.05) is 31.2 Å². The fraction of sp³-hybridized carbons (Fsp3) is 0.300. The van der Waals surface area contributed by atoms with Crippen molar-refractivity contribution in [1.82, 2.24) is 0 Å². The first-order valence-corrected chi connectivity index (χ1v) is 4.35. The van der Waals surface area contributed by atoms with E-state index < -0.39 is 6.04 Å². The lowest BCUT2D eigenvalue weighted by Crippen LogP contribution is -2.43. The van der Waals surface area contributed by atoms with Crippen LogP contribution in [-0.4, -0.2) is 11.9 Å². The zero-order chi connectivity index (χ0) is 9.42. The number of hydrogen-bond acceptors (Lipinski definition) is 2. The van der Waals surface area contributed by atoms with Gasteiger partial charge in [0.1, 0.15) is 0 Å². The molecule has 0 spiro atoms. The number of hydrogen-bond donors (Lipinski definition) is 2. The van der Waals surface area contributed by atoms with Gasteiger partial charge >= 0.3 is 0 Å². The van der Waals surface area contributed by atoms with Crippen molar-refractivity contribution in [2.45, 2.75) is 18.9 Å². The van der Waals surface area contributed by atoms with Crippen molar-refractivity contribution in [3.05, 3.63) is 29.8 Å². The van der Waals surface area contributed by atoms with Gasteiger partial charge in [0, 0.05) is 11.6 Å². The van der Waals surface area contributed by atoms with Gasteiger partial charge < -0.3 is 11.1 Å². The number of nitrogens with two attached hydrogens (primary N) is 1. The molecule has 0 fully saturated rings. The molecule has 3 heteroatoms. The average molecular weight is 176 g/mol. The summed E-state index contributed by atoms with van der Waals surface area (Å²) in [5.74, 6) is 0.0103. The second kappa shape index (κ2) is 2.85. The molecule has 1 aliphatic rings. The number of carbonyl (C=O) groups excluding carboxylic acids is 1. The molecule has 1 aromatic carbocycles. The molecule has 0 bridgehead atoms. The van der Waals surface area contributed by atoms with Gasteiger partial charge in [-0.2, -0.15) is 0 Å². The number of benzene rings is 1. The molecule has 0 radical (unpaired) electrons. The fourth-order valence-electron chi connectivity index (χ4n) is 1.64. The van der Waals surface area contributed by atoms with Crippen molar-refractivity contribution in [2.24, 2.45) is 5.73 Å². The minimum absolute atomic E-state index is 0.0915. The summed E-state index contributed by atoms with van der Waals surface area (Å²) < 4.78 is 0. The second-order valence-corrected chi connectivity index (χ2v) is 3.39. The first-order valence-electron chi connectivity index (χ1n) is 4.35. The van der Waals surface area contributed by atoms with Crippen LogP contribution < -0.4 is 11.1 Å². The Balaban J connectivity index is 2.49. The van der Waals surface area contributed by atoms with Crippen LogP contribution in [0.2, 0.25) is 0 Å². The van der Waals surface area contributed by atoms with Crippen LogP contribution in [0.15, 0.2) is 24.3 Å². The van der Waals surface area contributed by atoms with Gasteiger partial charge in [-0.3, -0.25) is 4.79 Å². The largest absolute Gasteiger partial charge is 0.324 e. The van der Waals surface area contributed by atoms with Crippen molar-refractivity contribution >= 4 is 11.6 Å². The van der Waals surface area contributed by atoms with Gasteiger partial charge in [-0.25, -0.2) is 0 Å². The smallest absolute Gasteiger partial charge is 0.241 e.